The van der Waals surface area contributed by atoms with Crippen molar-refractivity contribution in [1.82, 2.24) is 5.43 Å². The van der Waals surface area contributed by atoms with Crippen LogP contribution in [0.3, 0.4) is 0 Å². The molecule has 6 heteroatoms. The minimum absolute atomic E-state index is 0.0368. The van der Waals surface area contributed by atoms with E-state index in [2.05, 4.69) is 45.1 Å². The van der Waals surface area contributed by atoms with E-state index in [1.807, 2.05) is 24.3 Å². The molecule has 0 saturated carbocycles. The van der Waals surface area contributed by atoms with Crippen LogP contribution in [0.5, 0.6) is 5.75 Å². The summed E-state index contributed by atoms with van der Waals surface area (Å²) in [5.41, 5.74) is 4.34. The lowest BCUT2D eigenvalue weighted by atomic mass is 9.72. The fraction of sp³-hybridized carbons (Fsp3) is 0.375. The van der Waals surface area contributed by atoms with Gasteiger partial charge in [0.25, 0.3) is 5.91 Å². The van der Waals surface area contributed by atoms with E-state index in [0.29, 0.717) is 11.3 Å². The number of hydrogen-bond acceptors (Lipinski definition) is 4. The van der Waals surface area contributed by atoms with Gasteiger partial charge in [0, 0.05) is 5.56 Å². The monoisotopic (exact) mass is 410 g/mol. The average Bonchev–Trinajstić information content (AvgIpc) is 2.65. The van der Waals surface area contributed by atoms with Crippen LogP contribution in [0, 0.1) is 5.41 Å². The number of hydrazone groups is 1. The number of hydrogen-bond donors (Lipinski definition) is 2. The van der Waals surface area contributed by atoms with Gasteiger partial charge in [-0.2, -0.15) is 5.10 Å². The molecule has 0 radical (unpaired) electrons. The van der Waals surface area contributed by atoms with Crippen molar-refractivity contribution in [3.8, 4) is 5.75 Å². The van der Waals surface area contributed by atoms with Crippen molar-refractivity contribution in [2.45, 2.75) is 46.5 Å². The normalized spacial score (nSPS) is 12.0. The van der Waals surface area contributed by atoms with Crippen molar-refractivity contribution in [2.75, 3.05) is 6.61 Å². The molecule has 0 saturated heterocycles. The van der Waals surface area contributed by atoms with Gasteiger partial charge in [-0.05, 0) is 41.0 Å². The zero-order valence-electron chi connectivity index (χ0n) is 18.2. The van der Waals surface area contributed by atoms with Gasteiger partial charge >= 0.3 is 5.97 Å². The van der Waals surface area contributed by atoms with E-state index >= 15 is 0 Å². The molecule has 2 aromatic carbocycles. The first-order valence-electron chi connectivity index (χ1n) is 9.85. The van der Waals surface area contributed by atoms with Crippen LogP contribution in [0.4, 0.5) is 0 Å². The summed E-state index contributed by atoms with van der Waals surface area (Å²) < 4.78 is 5.52. The first kappa shape index (κ1) is 23.1. The number of carbonyl (C=O) groups excluding carboxylic acids is 1. The summed E-state index contributed by atoms with van der Waals surface area (Å²) >= 11 is 0. The molecule has 1 amide bonds. The van der Waals surface area contributed by atoms with Gasteiger partial charge in [-0.1, -0.05) is 65.0 Å². The lowest BCUT2D eigenvalue weighted by Crippen LogP contribution is -2.25. The van der Waals surface area contributed by atoms with Gasteiger partial charge in [0.2, 0.25) is 0 Å². The smallest absolute Gasteiger partial charge is 0.336 e. The minimum Gasteiger partial charge on any atom is -0.484 e. The predicted octanol–water partition coefficient (Wildman–Crippen LogP) is 4.63. The number of benzene rings is 2. The van der Waals surface area contributed by atoms with E-state index in [1.54, 1.807) is 18.2 Å². The van der Waals surface area contributed by atoms with E-state index in [4.69, 9.17) is 9.84 Å². The second-order valence-corrected chi connectivity index (χ2v) is 9.12. The molecule has 2 rings (SSSR count). The second kappa shape index (κ2) is 9.57. The summed E-state index contributed by atoms with van der Waals surface area (Å²) in [7, 11) is 0. The van der Waals surface area contributed by atoms with E-state index < -0.39 is 11.9 Å². The Hall–Kier alpha value is -3.15. The molecule has 0 aliphatic rings. The number of carbonyl (C=O) groups is 2. The zero-order valence-corrected chi connectivity index (χ0v) is 18.2. The van der Waals surface area contributed by atoms with Gasteiger partial charge in [-0.25, -0.2) is 10.2 Å². The molecule has 0 heterocycles. The number of ether oxygens (including phenoxy) is 1. The molecule has 0 aliphatic heterocycles. The Balaban J connectivity index is 1.89. The molecule has 0 bridgehead atoms. The highest BCUT2D eigenvalue weighted by Gasteiger charge is 2.27. The lowest BCUT2D eigenvalue weighted by molar-refractivity contribution is -0.123. The Morgan fingerprint density at radius 2 is 1.67 bits per heavy atom. The molecular weight excluding hydrogens is 380 g/mol. The molecule has 2 aromatic rings. The molecule has 160 valence electrons. The van der Waals surface area contributed by atoms with Gasteiger partial charge < -0.3 is 9.84 Å². The summed E-state index contributed by atoms with van der Waals surface area (Å²) in [4.78, 5) is 23.1. The maximum Gasteiger partial charge on any atom is 0.336 e. The Morgan fingerprint density at radius 3 is 2.27 bits per heavy atom. The van der Waals surface area contributed by atoms with Crippen LogP contribution in [-0.2, 0) is 10.2 Å². The van der Waals surface area contributed by atoms with Crippen molar-refractivity contribution < 1.29 is 19.4 Å². The molecule has 2 N–H and O–H groups in total. The first-order valence-corrected chi connectivity index (χ1v) is 9.85. The number of nitrogens with one attached hydrogen (secondary N) is 1. The predicted molar refractivity (Wildman–Crippen MR) is 118 cm³/mol. The number of carboxylic acid groups (broad SMARTS) is 1. The van der Waals surface area contributed by atoms with Crippen LogP contribution in [0.25, 0.3) is 0 Å². The lowest BCUT2D eigenvalue weighted by Gasteiger charge is -2.33. The van der Waals surface area contributed by atoms with Crippen LogP contribution in [0.1, 0.15) is 62.5 Å². The molecule has 0 aliphatic carbocycles. The summed E-state index contributed by atoms with van der Waals surface area (Å²) in [6, 6.07) is 14.2. The summed E-state index contributed by atoms with van der Waals surface area (Å²) in [6.45, 7) is 10.9. The number of nitrogens with zero attached hydrogens (tertiary/aromatic N) is 1. The van der Waals surface area contributed by atoms with E-state index in [1.165, 1.54) is 17.8 Å². The number of rotatable bonds is 8. The summed E-state index contributed by atoms with van der Waals surface area (Å²) in [5.74, 6) is -0.891. The number of carboxylic acids is 1. The third-order valence-electron chi connectivity index (χ3n) is 4.56. The maximum atomic E-state index is 11.9. The molecule has 0 atom stereocenters. The number of aromatic carboxylic acids is 1. The van der Waals surface area contributed by atoms with Crippen LogP contribution < -0.4 is 10.2 Å². The van der Waals surface area contributed by atoms with E-state index in [-0.39, 0.29) is 23.0 Å². The standard InChI is InChI=1S/C24H30N2O4/c1-23(2,3)16-24(4,5)18-10-12-19(13-11-18)30-15-21(27)26-25-14-17-8-6-7-9-20(17)22(28)29/h6-14H,15-16H2,1-5H3,(H,26,27)(H,28,29)/b25-14+. The first-order chi connectivity index (χ1) is 14.0. The zero-order chi connectivity index (χ0) is 22.4. The molecule has 0 fully saturated rings. The second-order valence-electron chi connectivity index (χ2n) is 9.12. The van der Waals surface area contributed by atoms with Gasteiger partial charge in [0.1, 0.15) is 5.75 Å². The van der Waals surface area contributed by atoms with Crippen molar-refractivity contribution >= 4 is 18.1 Å². The van der Waals surface area contributed by atoms with E-state index in [9.17, 15) is 9.59 Å². The molecule has 0 unspecified atom stereocenters. The molecule has 0 aromatic heterocycles. The van der Waals surface area contributed by atoms with Crippen molar-refractivity contribution in [3.63, 3.8) is 0 Å². The Kier molecular flexibility index (Phi) is 7.38. The highest BCUT2D eigenvalue weighted by atomic mass is 16.5. The van der Waals surface area contributed by atoms with Gasteiger partial charge in [-0.15, -0.1) is 0 Å². The van der Waals surface area contributed by atoms with Gasteiger partial charge in [-0.3, -0.25) is 4.79 Å². The van der Waals surface area contributed by atoms with Crippen molar-refractivity contribution in [1.29, 1.82) is 0 Å². The topological polar surface area (TPSA) is 88.0 Å². The van der Waals surface area contributed by atoms with Gasteiger partial charge in [0.15, 0.2) is 6.61 Å². The fourth-order valence-corrected chi connectivity index (χ4v) is 3.59. The largest absolute Gasteiger partial charge is 0.484 e. The van der Waals surface area contributed by atoms with Crippen molar-refractivity contribution in [2.24, 2.45) is 10.5 Å². The summed E-state index contributed by atoms with van der Waals surface area (Å²) in [5, 5.41) is 12.9. The van der Waals surface area contributed by atoms with Crippen LogP contribution in [0.15, 0.2) is 53.6 Å². The Labute approximate surface area is 178 Å². The minimum atomic E-state index is -1.05. The Bertz CT molecular complexity index is 910. The van der Waals surface area contributed by atoms with Crippen LogP contribution >= 0.6 is 0 Å². The van der Waals surface area contributed by atoms with Crippen molar-refractivity contribution in [3.05, 3.63) is 65.2 Å². The Morgan fingerprint density at radius 1 is 1.03 bits per heavy atom. The quantitative estimate of drug-likeness (QED) is 0.491. The highest BCUT2D eigenvalue weighted by molar-refractivity contribution is 5.98. The number of amides is 1. The SMILES string of the molecule is CC(C)(C)CC(C)(C)c1ccc(OCC(=O)N/N=C/c2ccccc2C(=O)O)cc1. The molecule has 30 heavy (non-hydrogen) atoms. The van der Waals surface area contributed by atoms with Gasteiger partial charge in [0.05, 0.1) is 11.8 Å². The maximum absolute atomic E-state index is 11.9. The fourth-order valence-electron chi connectivity index (χ4n) is 3.59. The third kappa shape index (κ3) is 7.03. The highest BCUT2D eigenvalue weighted by Crippen LogP contribution is 2.36. The average molecular weight is 411 g/mol. The molecule has 0 spiro atoms. The van der Waals surface area contributed by atoms with Crippen LogP contribution in [0.2, 0.25) is 0 Å². The molecule has 6 nitrogen and oxygen atoms in total. The third-order valence-corrected chi connectivity index (χ3v) is 4.56. The van der Waals surface area contributed by atoms with E-state index in [0.717, 1.165) is 6.42 Å². The summed E-state index contributed by atoms with van der Waals surface area (Å²) in [6.07, 6.45) is 2.35. The molecular formula is C24H30N2O4. The van der Waals surface area contributed by atoms with Crippen LogP contribution in [-0.4, -0.2) is 29.8 Å².